The molecule has 0 aliphatic rings. The van der Waals surface area contributed by atoms with Gasteiger partial charge in [0.25, 0.3) is 0 Å². The maximum Gasteiger partial charge on any atom is 0.242 e. The highest BCUT2D eigenvalue weighted by Gasteiger charge is 1.86. The first-order valence-electron chi connectivity index (χ1n) is 2.83. The molecule has 0 atom stereocenters. The van der Waals surface area contributed by atoms with Crippen molar-refractivity contribution in [2.75, 3.05) is 0 Å². The number of carbonyl (C=O) groups excluding carboxylic acids is 1. The summed E-state index contributed by atoms with van der Waals surface area (Å²) < 4.78 is 0. The zero-order chi connectivity index (χ0) is 7.40. The lowest BCUT2D eigenvalue weighted by Crippen LogP contribution is -1.74. The van der Waals surface area contributed by atoms with E-state index >= 15 is 0 Å². The maximum absolute atomic E-state index is 9.73. The van der Waals surface area contributed by atoms with E-state index < -0.39 is 0 Å². The van der Waals surface area contributed by atoms with Crippen LogP contribution in [0.5, 0.6) is 0 Å². The molecule has 1 aromatic heterocycles. The fourth-order valence-electron chi connectivity index (χ4n) is 0.573. The maximum atomic E-state index is 9.73. The van der Waals surface area contributed by atoms with Crippen molar-refractivity contribution in [3.63, 3.8) is 0 Å². The molecule has 0 aliphatic heterocycles. The molecule has 3 heteroatoms. The Morgan fingerprint density at radius 2 is 2.40 bits per heavy atom. The fourth-order valence-corrected chi connectivity index (χ4v) is 0.573. The second-order valence-electron chi connectivity index (χ2n) is 1.90. The summed E-state index contributed by atoms with van der Waals surface area (Å²) in [5.74, 6) is 0.403. The van der Waals surface area contributed by atoms with Crippen LogP contribution in [-0.2, 0) is 4.79 Å². The number of aryl methyl sites for hydroxylation is 1. The molecule has 0 aliphatic carbocycles. The molecule has 0 N–H and O–H groups in total. The van der Waals surface area contributed by atoms with E-state index in [-0.39, 0.29) is 0 Å². The highest BCUT2D eigenvalue weighted by molar-refractivity contribution is 5.44. The van der Waals surface area contributed by atoms with E-state index in [1.807, 2.05) is 13.0 Å². The van der Waals surface area contributed by atoms with Crippen LogP contribution >= 0.6 is 0 Å². The van der Waals surface area contributed by atoms with Crippen molar-refractivity contribution in [2.45, 2.75) is 6.92 Å². The minimum Gasteiger partial charge on any atom is -0.236 e. The Morgan fingerprint density at radius 3 is 2.90 bits per heavy atom. The van der Waals surface area contributed by atoms with Crippen LogP contribution in [0.3, 0.4) is 0 Å². The summed E-state index contributed by atoms with van der Waals surface area (Å²) in [6, 6.07) is 3.50. The molecule has 0 aromatic carbocycles. The van der Waals surface area contributed by atoms with Gasteiger partial charge in [-0.25, -0.2) is 9.78 Å². The lowest BCUT2D eigenvalue weighted by atomic mass is 10.3. The lowest BCUT2D eigenvalue weighted by Gasteiger charge is -1.88. The van der Waals surface area contributed by atoms with E-state index in [2.05, 4.69) is 9.98 Å². The Bertz CT molecular complexity index is 259. The molecule has 0 unspecified atom stereocenters. The molecule has 0 spiro atoms. The van der Waals surface area contributed by atoms with Crippen LogP contribution in [-0.4, -0.2) is 11.1 Å². The van der Waals surface area contributed by atoms with Gasteiger partial charge in [0.05, 0.1) is 0 Å². The zero-order valence-electron chi connectivity index (χ0n) is 5.53. The molecule has 0 radical (unpaired) electrons. The van der Waals surface area contributed by atoms with Crippen molar-refractivity contribution in [3.8, 4) is 0 Å². The van der Waals surface area contributed by atoms with Crippen LogP contribution < -0.4 is 0 Å². The number of aromatic nitrogens is 1. The van der Waals surface area contributed by atoms with Gasteiger partial charge in [-0.3, -0.25) is 0 Å². The van der Waals surface area contributed by atoms with Crippen molar-refractivity contribution >= 4 is 11.9 Å². The van der Waals surface area contributed by atoms with Crippen LogP contribution in [0.15, 0.2) is 23.3 Å². The highest BCUT2D eigenvalue weighted by Crippen LogP contribution is 2.05. The summed E-state index contributed by atoms with van der Waals surface area (Å²) in [4.78, 5) is 16.9. The first kappa shape index (κ1) is 6.65. The Labute approximate surface area is 58.4 Å². The summed E-state index contributed by atoms with van der Waals surface area (Å²) in [7, 11) is 0. The normalized spacial score (nSPS) is 8.50. The molecular weight excluding hydrogens is 128 g/mol. The first-order chi connectivity index (χ1) is 4.83. The van der Waals surface area contributed by atoms with Gasteiger partial charge in [0.2, 0.25) is 6.08 Å². The molecule has 50 valence electrons. The fraction of sp³-hybridized carbons (Fsp3) is 0.143. The lowest BCUT2D eigenvalue weighted by molar-refractivity contribution is 0.565. The van der Waals surface area contributed by atoms with E-state index in [0.717, 1.165) is 5.56 Å². The molecule has 0 saturated heterocycles. The monoisotopic (exact) mass is 134 g/mol. The summed E-state index contributed by atoms with van der Waals surface area (Å²) in [6.45, 7) is 1.92. The number of rotatable bonds is 1. The van der Waals surface area contributed by atoms with E-state index in [0.29, 0.717) is 5.82 Å². The van der Waals surface area contributed by atoms with Gasteiger partial charge in [0.15, 0.2) is 5.82 Å². The third-order valence-electron chi connectivity index (χ3n) is 1.06. The Hall–Kier alpha value is -1.47. The van der Waals surface area contributed by atoms with Crippen molar-refractivity contribution in [3.05, 3.63) is 23.9 Å². The number of isocyanates is 1. The van der Waals surface area contributed by atoms with Gasteiger partial charge in [-0.2, -0.15) is 0 Å². The summed E-state index contributed by atoms with van der Waals surface area (Å²) >= 11 is 0. The Morgan fingerprint density at radius 1 is 1.60 bits per heavy atom. The molecule has 0 bridgehead atoms. The SMILES string of the molecule is Cc1ccc(N=C=O)nc1. The molecule has 0 saturated carbocycles. The van der Waals surface area contributed by atoms with Gasteiger partial charge in [0.1, 0.15) is 0 Å². The largest absolute Gasteiger partial charge is 0.242 e. The van der Waals surface area contributed by atoms with E-state index in [1.165, 1.54) is 6.08 Å². The molecule has 1 aromatic rings. The van der Waals surface area contributed by atoms with Crippen LogP contribution in [0.2, 0.25) is 0 Å². The van der Waals surface area contributed by atoms with Gasteiger partial charge in [-0.05, 0) is 18.6 Å². The standard InChI is InChI=1S/C7H6N2O/c1-6-2-3-7(8-4-6)9-5-10/h2-4H,1H3. The predicted octanol–water partition coefficient (Wildman–Crippen LogP) is 1.36. The zero-order valence-corrected chi connectivity index (χ0v) is 5.53. The summed E-state index contributed by atoms with van der Waals surface area (Å²) in [5.41, 5.74) is 1.05. The molecule has 0 fully saturated rings. The van der Waals surface area contributed by atoms with Crippen molar-refractivity contribution in [2.24, 2.45) is 4.99 Å². The van der Waals surface area contributed by atoms with E-state index in [9.17, 15) is 4.79 Å². The van der Waals surface area contributed by atoms with Gasteiger partial charge < -0.3 is 0 Å². The Kier molecular flexibility index (Phi) is 1.92. The topological polar surface area (TPSA) is 42.3 Å². The summed E-state index contributed by atoms with van der Waals surface area (Å²) in [5, 5.41) is 0. The Balaban J connectivity index is 3.00. The van der Waals surface area contributed by atoms with Crippen LogP contribution in [0, 0.1) is 6.92 Å². The molecule has 1 rings (SSSR count). The van der Waals surface area contributed by atoms with Crippen molar-refractivity contribution in [1.29, 1.82) is 0 Å². The molecule has 0 amide bonds. The van der Waals surface area contributed by atoms with Crippen LogP contribution in [0.1, 0.15) is 5.56 Å². The number of aliphatic imine (C=N–C) groups is 1. The smallest absolute Gasteiger partial charge is 0.236 e. The minimum absolute atomic E-state index is 0.403. The average molecular weight is 134 g/mol. The van der Waals surface area contributed by atoms with Crippen molar-refractivity contribution in [1.82, 2.24) is 4.98 Å². The van der Waals surface area contributed by atoms with E-state index in [4.69, 9.17) is 0 Å². The molecular formula is C7H6N2O. The molecule has 3 nitrogen and oxygen atoms in total. The van der Waals surface area contributed by atoms with Gasteiger partial charge in [-0.1, -0.05) is 6.07 Å². The second-order valence-corrected chi connectivity index (χ2v) is 1.90. The van der Waals surface area contributed by atoms with E-state index in [1.54, 1.807) is 12.3 Å². The minimum atomic E-state index is 0.403. The number of hydrogen-bond donors (Lipinski definition) is 0. The number of pyridine rings is 1. The highest BCUT2D eigenvalue weighted by atomic mass is 16.1. The van der Waals surface area contributed by atoms with Crippen molar-refractivity contribution < 1.29 is 4.79 Å². The predicted molar refractivity (Wildman–Crippen MR) is 36.8 cm³/mol. The number of hydrogen-bond acceptors (Lipinski definition) is 3. The third-order valence-corrected chi connectivity index (χ3v) is 1.06. The molecule has 10 heavy (non-hydrogen) atoms. The summed E-state index contributed by atoms with van der Waals surface area (Å²) in [6.07, 6.45) is 3.06. The average Bonchev–Trinajstić information content (AvgIpc) is 1.95. The second kappa shape index (κ2) is 2.90. The first-order valence-corrected chi connectivity index (χ1v) is 2.83. The van der Waals surface area contributed by atoms with Gasteiger partial charge in [0, 0.05) is 6.20 Å². The third kappa shape index (κ3) is 1.50. The van der Waals surface area contributed by atoms with Crippen LogP contribution in [0.25, 0.3) is 0 Å². The molecule has 1 heterocycles. The number of nitrogens with zero attached hydrogens (tertiary/aromatic N) is 2. The quantitative estimate of drug-likeness (QED) is 0.430. The van der Waals surface area contributed by atoms with Gasteiger partial charge in [-0.15, -0.1) is 4.99 Å². The van der Waals surface area contributed by atoms with Gasteiger partial charge >= 0.3 is 0 Å². The van der Waals surface area contributed by atoms with Crippen LogP contribution in [0.4, 0.5) is 5.82 Å².